The predicted molar refractivity (Wildman–Crippen MR) is 195 cm³/mol. The molecule has 1 aromatic rings. The number of ketones is 1. The van der Waals surface area contributed by atoms with Crippen molar-refractivity contribution in [1.82, 2.24) is 10.2 Å². The number of nitrogens with zero attached hydrogens (tertiary/aromatic N) is 1. The van der Waals surface area contributed by atoms with Gasteiger partial charge in [-0.25, -0.2) is 4.79 Å². The fourth-order valence-corrected chi connectivity index (χ4v) is 15.5. The van der Waals surface area contributed by atoms with E-state index in [0.717, 1.165) is 32.5 Å². The van der Waals surface area contributed by atoms with Crippen LogP contribution in [0.25, 0.3) is 0 Å². The van der Waals surface area contributed by atoms with E-state index in [1.165, 1.54) is 0 Å². The average Bonchev–Trinajstić information content (AvgIpc) is 3.50. The zero-order valence-corrected chi connectivity index (χ0v) is 32.4. The summed E-state index contributed by atoms with van der Waals surface area (Å²) in [6, 6.07) is 2.32. The monoisotopic (exact) mass is 774 g/mol. The SMILES string of the molecule is CC1(C)O[C@H]2CC(=O)OC[C@]23[C@H]2CC[C@@]4(C)[C@H](c5ccoc5C[C@@H]([C@H]5CC[C@@H]6[C@H](C=CN7CNC[C@@H]67)C5)[C@H](O)CO)OC(=O)[C@H]5O[C@]54[C@@]24CC=C[C@@]13C(=O)[C@H]4O. The molecule has 12 rings (SSSR count). The van der Waals surface area contributed by atoms with E-state index in [1.807, 2.05) is 32.1 Å². The number of carbonyl (C=O) groups excluding carboxylic acids is 3. The van der Waals surface area contributed by atoms with Gasteiger partial charge in [-0.3, -0.25) is 14.9 Å². The number of rotatable bonds is 6. The predicted octanol–water partition coefficient (Wildman–Crippen LogP) is 2.72. The molecule has 7 heterocycles. The van der Waals surface area contributed by atoms with Gasteiger partial charge in [0.25, 0.3) is 0 Å². The Balaban J connectivity index is 0.965. The summed E-state index contributed by atoms with van der Waals surface area (Å²) < 4.78 is 32.0. The third kappa shape index (κ3) is 3.97. The van der Waals surface area contributed by atoms with E-state index in [4.69, 9.17) is 23.4 Å². The summed E-state index contributed by atoms with van der Waals surface area (Å²) in [5, 5.41) is 37.9. The highest BCUT2D eigenvalue weighted by Crippen LogP contribution is 2.84. The molecule has 13 nitrogen and oxygen atoms in total. The quantitative estimate of drug-likeness (QED) is 0.189. The lowest BCUT2D eigenvalue weighted by molar-refractivity contribution is -0.262. The highest BCUT2D eigenvalue weighted by Gasteiger charge is 2.94. The second-order valence-corrected chi connectivity index (χ2v) is 19.7. The van der Waals surface area contributed by atoms with Crippen LogP contribution in [0.3, 0.4) is 0 Å². The van der Waals surface area contributed by atoms with Gasteiger partial charge in [-0.05, 0) is 94.2 Å². The zero-order chi connectivity index (χ0) is 38.8. The lowest BCUT2D eigenvalue weighted by atomic mass is 9.33. The number of epoxide rings is 1. The molecule has 0 unspecified atom stereocenters. The van der Waals surface area contributed by atoms with Crippen molar-refractivity contribution in [3.05, 3.63) is 48.1 Å². The van der Waals surface area contributed by atoms with Crippen molar-refractivity contribution in [2.24, 2.45) is 51.2 Å². The molecule has 3 saturated carbocycles. The molecular formula is C43H54N2O11. The van der Waals surface area contributed by atoms with Crippen LogP contribution in [0.1, 0.15) is 83.1 Å². The van der Waals surface area contributed by atoms with E-state index >= 15 is 4.79 Å². The number of aliphatic hydroxyl groups excluding tert-OH is 3. The minimum Gasteiger partial charge on any atom is -0.469 e. The topological polar surface area (TPSA) is 181 Å². The van der Waals surface area contributed by atoms with Crippen LogP contribution < -0.4 is 5.32 Å². The van der Waals surface area contributed by atoms with Gasteiger partial charge in [-0.1, -0.05) is 25.2 Å². The number of nitrogens with one attached hydrogen (secondary N) is 1. The molecule has 13 heteroatoms. The average molecular weight is 775 g/mol. The maximum atomic E-state index is 15.1. The fraction of sp³-hybridized carbons (Fsp3) is 0.744. The lowest BCUT2D eigenvalue weighted by Gasteiger charge is -2.68. The van der Waals surface area contributed by atoms with E-state index < -0.39 is 69.4 Å². The van der Waals surface area contributed by atoms with Crippen molar-refractivity contribution >= 4 is 17.7 Å². The molecule has 4 spiro atoms. The van der Waals surface area contributed by atoms with Crippen LogP contribution in [0.2, 0.25) is 0 Å². The Labute approximate surface area is 326 Å². The van der Waals surface area contributed by atoms with E-state index in [9.17, 15) is 24.9 Å². The molecule has 6 aliphatic heterocycles. The molecule has 5 aliphatic carbocycles. The van der Waals surface area contributed by atoms with Crippen LogP contribution in [0.15, 0.2) is 41.2 Å². The van der Waals surface area contributed by atoms with Crippen LogP contribution in [-0.4, -0.2) is 106 Å². The van der Waals surface area contributed by atoms with Crippen molar-refractivity contribution < 1.29 is 53.1 Å². The summed E-state index contributed by atoms with van der Waals surface area (Å²) in [4.78, 5) is 44.6. The Hall–Kier alpha value is -3.07. The number of carbonyl (C=O) groups is 3. The highest BCUT2D eigenvalue weighted by atomic mass is 16.7. The van der Waals surface area contributed by atoms with E-state index in [-0.39, 0.29) is 49.1 Å². The summed E-state index contributed by atoms with van der Waals surface area (Å²) in [5.41, 5.74) is -5.99. The molecule has 56 heavy (non-hydrogen) atoms. The lowest BCUT2D eigenvalue weighted by Crippen LogP contribution is -2.79. The smallest absolute Gasteiger partial charge is 0.339 e. The third-order valence-corrected chi connectivity index (χ3v) is 17.7. The standard InChI is InChI=1S/C43H54N2O11/c1-38(2)42-11-4-10-40(33(49)34(42)50)30(41(42)20-53-32(48)17-31(41)55-38)7-12-39(3)35(54-37(51)36-43(39,40)56-36)25-9-14-52-29(25)16-26(28(47)19-46)22-5-6-24-23(15-22)8-13-45-21-44-18-27(24)45/h4,8-9,11,13-14,22-24,26-28,30-31,33,35-36,44,46-47,49H,5-7,10,12,15-21H2,1-3H3/t22-,23+,24+,26-,27-,28+,30-,31-,33+,35-,36+,39-,40-,41-,42+,43+/m0/s1. The Kier molecular flexibility index (Phi) is 7.44. The second kappa shape index (κ2) is 11.6. The van der Waals surface area contributed by atoms with Crippen molar-refractivity contribution in [2.75, 3.05) is 26.4 Å². The van der Waals surface area contributed by atoms with E-state index in [1.54, 1.807) is 6.26 Å². The first-order valence-electron chi connectivity index (χ1n) is 20.9. The molecular weight excluding hydrogens is 720 g/mol. The van der Waals surface area contributed by atoms with Gasteiger partial charge in [-0.2, -0.15) is 0 Å². The summed E-state index contributed by atoms with van der Waals surface area (Å²) in [7, 11) is 0. The number of furan rings is 1. The Morgan fingerprint density at radius 2 is 1.91 bits per heavy atom. The molecule has 5 saturated heterocycles. The Morgan fingerprint density at radius 3 is 2.73 bits per heavy atom. The first-order valence-corrected chi connectivity index (χ1v) is 20.9. The van der Waals surface area contributed by atoms with Crippen LogP contribution in [-0.2, 0) is 39.8 Å². The van der Waals surface area contributed by atoms with Gasteiger partial charge < -0.3 is 43.6 Å². The van der Waals surface area contributed by atoms with Crippen LogP contribution >= 0.6 is 0 Å². The number of hydrogen-bond donors (Lipinski definition) is 4. The molecule has 0 amide bonds. The van der Waals surface area contributed by atoms with E-state index in [2.05, 4.69) is 29.4 Å². The van der Waals surface area contributed by atoms with Gasteiger partial charge >= 0.3 is 11.9 Å². The van der Waals surface area contributed by atoms with E-state index in [0.29, 0.717) is 54.9 Å². The number of aliphatic hydroxyl groups is 3. The summed E-state index contributed by atoms with van der Waals surface area (Å²) in [6.45, 7) is 7.26. The molecule has 1 aromatic heterocycles. The largest absolute Gasteiger partial charge is 0.469 e. The molecule has 302 valence electrons. The second-order valence-electron chi connectivity index (χ2n) is 19.7. The van der Waals surface area contributed by atoms with Gasteiger partial charge in [0.15, 0.2) is 11.9 Å². The van der Waals surface area contributed by atoms with Gasteiger partial charge in [0.2, 0.25) is 0 Å². The number of fused-ring (bicyclic) bond motifs is 5. The summed E-state index contributed by atoms with van der Waals surface area (Å²) in [6.07, 6.45) is 9.74. The normalized spacial score (nSPS) is 49.9. The molecule has 11 aliphatic rings. The minimum atomic E-state index is -1.48. The number of hydrogen-bond acceptors (Lipinski definition) is 13. The Morgan fingerprint density at radius 1 is 1.07 bits per heavy atom. The van der Waals surface area contributed by atoms with Crippen molar-refractivity contribution in [3.63, 3.8) is 0 Å². The van der Waals surface area contributed by atoms with Gasteiger partial charge in [0, 0.05) is 35.4 Å². The Bertz CT molecular complexity index is 1940. The fourth-order valence-electron chi connectivity index (χ4n) is 15.5. The molecule has 0 aromatic carbocycles. The molecule has 2 bridgehead atoms. The van der Waals surface area contributed by atoms with Gasteiger partial charge in [-0.15, -0.1) is 0 Å². The van der Waals surface area contributed by atoms with Crippen LogP contribution in [0.4, 0.5) is 0 Å². The maximum Gasteiger partial charge on any atom is 0.339 e. The first-order chi connectivity index (χ1) is 26.8. The summed E-state index contributed by atoms with van der Waals surface area (Å²) in [5.74, 6) is -0.324. The summed E-state index contributed by atoms with van der Waals surface area (Å²) >= 11 is 0. The van der Waals surface area contributed by atoms with Crippen molar-refractivity contribution in [1.29, 1.82) is 0 Å². The number of allylic oxidation sites excluding steroid dienone is 2. The number of cyclic esters (lactones) is 2. The number of ether oxygens (including phenoxy) is 4. The van der Waals surface area contributed by atoms with Gasteiger partial charge in [0.05, 0.1) is 54.6 Å². The molecule has 8 fully saturated rings. The van der Waals surface area contributed by atoms with Crippen molar-refractivity contribution in [3.8, 4) is 0 Å². The van der Waals surface area contributed by atoms with Gasteiger partial charge in [0.1, 0.15) is 30.2 Å². The minimum absolute atomic E-state index is 0.00233. The van der Waals surface area contributed by atoms with Crippen molar-refractivity contribution in [2.45, 2.75) is 120 Å². The number of Topliss-reactive ketones (excluding diaryl/α,β-unsaturated/α-hetero) is 1. The first kappa shape index (κ1) is 36.0. The zero-order valence-electron chi connectivity index (χ0n) is 32.4. The number of esters is 2. The molecule has 4 N–H and O–H groups in total. The molecule has 16 atom stereocenters. The van der Waals surface area contributed by atoms with Crippen LogP contribution in [0.5, 0.6) is 0 Å². The highest BCUT2D eigenvalue weighted by molar-refractivity contribution is 5.97. The molecule has 0 radical (unpaired) electrons. The van der Waals surface area contributed by atoms with Crippen LogP contribution in [0, 0.1) is 51.2 Å². The maximum absolute atomic E-state index is 15.1. The third-order valence-electron chi connectivity index (χ3n) is 17.7.